The Balaban J connectivity index is 1.65. The minimum absolute atomic E-state index is 0.0426. The number of benzene rings is 1. The number of aryl methyl sites for hydroxylation is 1. The molecule has 8 nitrogen and oxygen atoms in total. The van der Waals surface area contributed by atoms with Crippen LogP contribution in [0.3, 0.4) is 0 Å². The molecule has 9 heteroatoms. The van der Waals surface area contributed by atoms with E-state index >= 15 is 0 Å². The first-order valence-electron chi connectivity index (χ1n) is 9.82. The van der Waals surface area contributed by atoms with Gasteiger partial charge in [-0.1, -0.05) is 30.8 Å². The van der Waals surface area contributed by atoms with E-state index in [0.717, 1.165) is 11.3 Å². The molecule has 3 heterocycles. The summed E-state index contributed by atoms with van der Waals surface area (Å²) in [5.74, 6) is 1.49. The zero-order valence-electron chi connectivity index (χ0n) is 16.9. The lowest BCUT2D eigenvalue weighted by Crippen LogP contribution is -2.51. The molecule has 0 saturated carbocycles. The van der Waals surface area contributed by atoms with Crippen molar-refractivity contribution >= 4 is 23.6 Å². The van der Waals surface area contributed by atoms with Gasteiger partial charge in [0.15, 0.2) is 11.0 Å². The highest BCUT2D eigenvalue weighted by Gasteiger charge is 2.43. The largest absolute Gasteiger partial charge is 0.497 e. The molecule has 2 aromatic rings. The van der Waals surface area contributed by atoms with Gasteiger partial charge < -0.3 is 9.64 Å². The summed E-state index contributed by atoms with van der Waals surface area (Å²) in [6.45, 7) is 6.31. The van der Waals surface area contributed by atoms with E-state index in [1.165, 1.54) is 16.4 Å². The third kappa shape index (κ3) is 3.76. The maximum atomic E-state index is 13.2. The molecule has 1 fully saturated rings. The number of fused-ring (bicyclic) bond motifs is 1. The molecular formula is C20H25N5O3S. The third-order valence-electron chi connectivity index (χ3n) is 5.50. The Morgan fingerprint density at radius 2 is 2.07 bits per heavy atom. The van der Waals surface area contributed by atoms with Gasteiger partial charge in [0.1, 0.15) is 11.0 Å². The maximum absolute atomic E-state index is 13.2. The van der Waals surface area contributed by atoms with Crippen LogP contribution in [0.25, 0.3) is 0 Å². The number of methoxy groups -OCH3 is 1. The molecule has 2 aliphatic rings. The standard InChI is InChI=1S/C20H25N5O3S/c1-4-16-21-20-25(22-16)19(27)18(29-20)17(14-6-5-7-15(12-14)28-3)24-10-8-23(9-11-24)13(2)26/h5-7,12,17-18H,4,8-11H2,1-3H3. The number of piperazine rings is 1. The van der Waals surface area contributed by atoms with Crippen molar-refractivity contribution in [3.8, 4) is 5.75 Å². The van der Waals surface area contributed by atoms with E-state index in [2.05, 4.69) is 15.0 Å². The molecule has 1 saturated heterocycles. The first kappa shape index (κ1) is 19.9. The van der Waals surface area contributed by atoms with E-state index in [1.807, 2.05) is 36.1 Å². The van der Waals surface area contributed by atoms with Crippen molar-refractivity contribution in [2.45, 2.75) is 36.7 Å². The average Bonchev–Trinajstić information content (AvgIpc) is 3.28. The fourth-order valence-electron chi connectivity index (χ4n) is 3.91. The number of carbonyl (C=O) groups is 2. The number of rotatable bonds is 5. The van der Waals surface area contributed by atoms with E-state index in [9.17, 15) is 9.59 Å². The number of hydrogen-bond donors (Lipinski definition) is 0. The van der Waals surface area contributed by atoms with Crippen molar-refractivity contribution in [2.24, 2.45) is 0 Å². The van der Waals surface area contributed by atoms with Gasteiger partial charge >= 0.3 is 0 Å². The second kappa shape index (κ2) is 8.16. The Morgan fingerprint density at radius 1 is 1.31 bits per heavy atom. The molecule has 2 atom stereocenters. The summed E-state index contributed by atoms with van der Waals surface area (Å²) in [6, 6.07) is 7.72. The predicted molar refractivity (Wildman–Crippen MR) is 109 cm³/mol. The molecule has 1 aromatic carbocycles. The fourth-order valence-corrected chi connectivity index (χ4v) is 5.18. The number of aromatic nitrogens is 3. The Labute approximate surface area is 174 Å². The van der Waals surface area contributed by atoms with Crippen molar-refractivity contribution in [1.82, 2.24) is 24.6 Å². The summed E-state index contributed by atoms with van der Waals surface area (Å²) in [7, 11) is 1.64. The number of ether oxygens (including phenoxy) is 1. The van der Waals surface area contributed by atoms with Crippen LogP contribution >= 0.6 is 11.8 Å². The van der Waals surface area contributed by atoms with Crippen LogP contribution in [0.5, 0.6) is 5.75 Å². The fraction of sp³-hybridized carbons (Fsp3) is 0.500. The molecule has 0 aliphatic carbocycles. The molecule has 4 rings (SSSR count). The van der Waals surface area contributed by atoms with Crippen LogP contribution in [-0.4, -0.2) is 74.9 Å². The van der Waals surface area contributed by atoms with Gasteiger partial charge in [-0.05, 0) is 17.7 Å². The van der Waals surface area contributed by atoms with Crippen molar-refractivity contribution in [3.05, 3.63) is 35.7 Å². The quantitative estimate of drug-likeness (QED) is 0.737. The van der Waals surface area contributed by atoms with Crippen LogP contribution in [0, 0.1) is 0 Å². The second-order valence-corrected chi connectivity index (χ2v) is 8.32. The number of carbonyl (C=O) groups excluding carboxylic acids is 2. The van der Waals surface area contributed by atoms with Crippen molar-refractivity contribution in [1.29, 1.82) is 0 Å². The van der Waals surface area contributed by atoms with Gasteiger partial charge in [-0.25, -0.2) is 4.98 Å². The molecule has 0 radical (unpaired) electrons. The normalized spacial score (nSPS) is 20.6. The first-order chi connectivity index (χ1) is 14.0. The molecule has 0 spiro atoms. The molecule has 154 valence electrons. The van der Waals surface area contributed by atoms with Crippen molar-refractivity contribution in [2.75, 3.05) is 33.3 Å². The van der Waals surface area contributed by atoms with E-state index in [0.29, 0.717) is 43.6 Å². The molecule has 0 bridgehead atoms. The highest BCUT2D eigenvalue weighted by Crippen LogP contribution is 2.41. The van der Waals surface area contributed by atoms with Crippen LogP contribution in [0.4, 0.5) is 0 Å². The SMILES string of the molecule is CCc1nc2n(n1)C(=O)C(C(c1cccc(OC)c1)N1CCN(C(C)=O)CC1)S2. The van der Waals surface area contributed by atoms with Gasteiger partial charge in [-0.15, -0.1) is 5.10 Å². The highest BCUT2D eigenvalue weighted by molar-refractivity contribution is 8.00. The van der Waals surface area contributed by atoms with Gasteiger partial charge in [0.25, 0.3) is 5.91 Å². The molecule has 0 N–H and O–H groups in total. The Kier molecular flexibility index (Phi) is 5.60. The minimum atomic E-state index is -0.341. The topological polar surface area (TPSA) is 80.6 Å². The van der Waals surface area contributed by atoms with Crippen molar-refractivity contribution in [3.63, 3.8) is 0 Å². The van der Waals surface area contributed by atoms with Gasteiger partial charge in [-0.2, -0.15) is 4.68 Å². The number of hydrogen-bond acceptors (Lipinski definition) is 7. The van der Waals surface area contributed by atoms with Crippen LogP contribution in [0.15, 0.2) is 29.4 Å². The highest BCUT2D eigenvalue weighted by atomic mass is 32.2. The minimum Gasteiger partial charge on any atom is -0.497 e. The average molecular weight is 416 g/mol. The van der Waals surface area contributed by atoms with Crippen LogP contribution in [-0.2, 0) is 11.2 Å². The Morgan fingerprint density at radius 3 is 2.69 bits per heavy atom. The lowest BCUT2D eigenvalue weighted by molar-refractivity contribution is -0.130. The summed E-state index contributed by atoms with van der Waals surface area (Å²) in [5, 5.41) is 4.69. The van der Waals surface area contributed by atoms with Gasteiger partial charge in [-0.3, -0.25) is 14.5 Å². The first-order valence-corrected chi connectivity index (χ1v) is 10.7. The number of nitrogens with zero attached hydrogens (tertiary/aromatic N) is 5. The van der Waals surface area contributed by atoms with E-state index in [-0.39, 0.29) is 23.1 Å². The second-order valence-electron chi connectivity index (χ2n) is 7.22. The van der Waals surface area contributed by atoms with E-state index in [4.69, 9.17) is 4.74 Å². The number of thioether (sulfide) groups is 1. The lowest BCUT2D eigenvalue weighted by atomic mass is 9.99. The van der Waals surface area contributed by atoms with Crippen LogP contribution in [0.1, 0.15) is 36.1 Å². The predicted octanol–water partition coefficient (Wildman–Crippen LogP) is 1.87. The third-order valence-corrected chi connectivity index (χ3v) is 6.69. The maximum Gasteiger partial charge on any atom is 0.264 e. The Hall–Kier alpha value is -2.39. The smallest absolute Gasteiger partial charge is 0.264 e. The van der Waals surface area contributed by atoms with E-state index in [1.54, 1.807) is 14.0 Å². The lowest BCUT2D eigenvalue weighted by Gasteiger charge is -2.40. The van der Waals surface area contributed by atoms with E-state index < -0.39 is 0 Å². The zero-order chi connectivity index (χ0) is 20.5. The summed E-state index contributed by atoms with van der Waals surface area (Å²) in [6.07, 6.45) is 0.699. The summed E-state index contributed by atoms with van der Waals surface area (Å²) in [5.41, 5.74) is 1.02. The van der Waals surface area contributed by atoms with Crippen molar-refractivity contribution < 1.29 is 14.3 Å². The van der Waals surface area contributed by atoms with Crippen LogP contribution in [0.2, 0.25) is 0 Å². The van der Waals surface area contributed by atoms with Gasteiger partial charge in [0.2, 0.25) is 5.91 Å². The zero-order valence-corrected chi connectivity index (χ0v) is 17.7. The molecule has 29 heavy (non-hydrogen) atoms. The van der Waals surface area contributed by atoms with Gasteiger partial charge in [0, 0.05) is 39.5 Å². The van der Waals surface area contributed by atoms with Crippen LogP contribution < -0.4 is 4.74 Å². The summed E-state index contributed by atoms with van der Waals surface area (Å²) >= 11 is 1.47. The monoisotopic (exact) mass is 415 g/mol. The molecule has 2 unspecified atom stereocenters. The molecule has 2 aliphatic heterocycles. The molecule has 1 aromatic heterocycles. The summed E-state index contributed by atoms with van der Waals surface area (Å²) < 4.78 is 6.87. The Bertz CT molecular complexity index is 923. The van der Waals surface area contributed by atoms with Gasteiger partial charge in [0.05, 0.1) is 13.2 Å². The molecular weight excluding hydrogens is 390 g/mol. The molecule has 1 amide bonds. The summed E-state index contributed by atoms with van der Waals surface area (Å²) in [4.78, 5) is 33.6. The number of amides is 1.